The summed E-state index contributed by atoms with van der Waals surface area (Å²) in [5, 5.41) is 3.36. The van der Waals surface area contributed by atoms with E-state index >= 15 is 0 Å². The molecule has 0 aliphatic carbocycles. The minimum atomic E-state index is -0.199. The Hall–Kier alpha value is -1.30. The SMILES string of the molecule is CCCCCCCCNC(=O)CSc1nccc(=O)[nH]1. The number of carbonyl (C=O) groups excluding carboxylic acids is 1. The molecule has 0 radical (unpaired) electrons. The standard InChI is InChI=1S/C14H23N3O2S/c1-2-3-4-5-6-7-9-15-13(19)11-20-14-16-10-8-12(18)17-14/h8,10H,2-7,9,11H2,1H3,(H,15,19)(H,16,17,18). The van der Waals surface area contributed by atoms with Gasteiger partial charge in [-0.15, -0.1) is 0 Å². The lowest BCUT2D eigenvalue weighted by Crippen LogP contribution is -2.26. The summed E-state index contributed by atoms with van der Waals surface area (Å²) in [6, 6.07) is 1.35. The molecule has 1 rings (SSSR count). The molecule has 2 N–H and O–H groups in total. The van der Waals surface area contributed by atoms with Crippen molar-refractivity contribution in [1.29, 1.82) is 0 Å². The summed E-state index contributed by atoms with van der Waals surface area (Å²) in [5.74, 6) is 0.262. The summed E-state index contributed by atoms with van der Waals surface area (Å²) in [6.45, 7) is 2.93. The van der Waals surface area contributed by atoms with Crippen LogP contribution in [0.1, 0.15) is 45.4 Å². The summed E-state index contributed by atoms with van der Waals surface area (Å²) in [4.78, 5) is 29.2. The molecular weight excluding hydrogens is 274 g/mol. The molecule has 5 nitrogen and oxygen atoms in total. The first-order valence-electron chi connectivity index (χ1n) is 7.17. The smallest absolute Gasteiger partial charge is 0.251 e. The number of nitrogens with zero attached hydrogens (tertiary/aromatic N) is 1. The average Bonchev–Trinajstić information content (AvgIpc) is 2.44. The van der Waals surface area contributed by atoms with Gasteiger partial charge in [-0.2, -0.15) is 0 Å². The van der Waals surface area contributed by atoms with Crippen molar-refractivity contribution in [3.63, 3.8) is 0 Å². The van der Waals surface area contributed by atoms with Crippen LogP contribution in [-0.4, -0.2) is 28.2 Å². The van der Waals surface area contributed by atoms with Crippen molar-refractivity contribution in [1.82, 2.24) is 15.3 Å². The monoisotopic (exact) mass is 297 g/mol. The van der Waals surface area contributed by atoms with Crippen molar-refractivity contribution in [2.24, 2.45) is 0 Å². The van der Waals surface area contributed by atoms with Crippen LogP contribution in [0.4, 0.5) is 0 Å². The van der Waals surface area contributed by atoms with Gasteiger partial charge in [0.1, 0.15) is 0 Å². The maximum atomic E-state index is 11.6. The van der Waals surface area contributed by atoms with Crippen molar-refractivity contribution < 1.29 is 4.79 Å². The third-order valence-corrected chi connectivity index (χ3v) is 3.73. The van der Waals surface area contributed by atoms with Crippen molar-refractivity contribution in [2.45, 2.75) is 50.6 Å². The topological polar surface area (TPSA) is 74.8 Å². The van der Waals surface area contributed by atoms with Crippen LogP contribution >= 0.6 is 11.8 Å². The molecule has 0 atom stereocenters. The molecule has 0 aliphatic rings. The molecule has 0 unspecified atom stereocenters. The second kappa shape index (κ2) is 10.5. The zero-order valence-corrected chi connectivity index (χ0v) is 12.8. The van der Waals surface area contributed by atoms with E-state index in [9.17, 15) is 9.59 Å². The molecule has 6 heteroatoms. The Bertz CT molecular complexity index is 448. The fourth-order valence-corrected chi connectivity index (χ4v) is 2.42. The Morgan fingerprint density at radius 3 is 2.80 bits per heavy atom. The van der Waals surface area contributed by atoms with Crippen molar-refractivity contribution in [3.05, 3.63) is 22.6 Å². The fourth-order valence-electron chi connectivity index (χ4n) is 1.74. The van der Waals surface area contributed by atoms with E-state index in [0.717, 1.165) is 13.0 Å². The van der Waals surface area contributed by atoms with Crippen molar-refractivity contribution in [2.75, 3.05) is 12.3 Å². The molecule has 0 saturated carbocycles. The summed E-state index contributed by atoms with van der Waals surface area (Å²) in [5.41, 5.74) is -0.199. The zero-order chi connectivity index (χ0) is 14.6. The highest BCUT2D eigenvalue weighted by atomic mass is 32.2. The zero-order valence-electron chi connectivity index (χ0n) is 12.0. The van der Waals surface area contributed by atoms with Gasteiger partial charge in [-0.1, -0.05) is 50.8 Å². The number of nitrogens with one attached hydrogen (secondary N) is 2. The van der Waals surface area contributed by atoms with E-state index in [1.165, 1.54) is 56.1 Å². The molecule has 0 spiro atoms. The lowest BCUT2D eigenvalue weighted by Gasteiger charge is -2.04. The van der Waals surface area contributed by atoms with Gasteiger partial charge in [0.05, 0.1) is 5.75 Å². The number of hydrogen-bond acceptors (Lipinski definition) is 4. The van der Waals surface area contributed by atoms with Crippen LogP contribution in [0.2, 0.25) is 0 Å². The predicted octanol–water partition coefficient (Wildman–Crippen LogP) is 2.34. The lowest BCUT2D eigenvalue weighted by atomic mass is 10.1. The van der Waals surface area contributed by atoms with E-state index in [-0.39, 0.29) is 17.2 Å². The molecule has 0 fully saturated rings. The average molecular weight is 297 g/mol. The van der Waals surface area contributed by atoms with E-state index in [1.54, 1.807) is 0 Å². The maximum absolute atomic E-state index is 11.6. The minimum absolute atomic E-state index is 0.0185. The third kappa shape index (κ3) is 7.99. The first-order valence-corrected chi connectivity index (χ1v) is 8.15. The summed E-state index contributed by atoms with van der Waals surface area (Å²) >= 11 is 1.24. The predicted molar refractivity (Wildman–Crippen MR) is 82.0 cm³/mol. The first kappa shape index (κ1) is 16.8. The van der Waals surface area contributed by atoms with Crippen LogP contribution in [0, 0.1) is 0 Å². The molecule has 0 saturated heterocycles. The van der Waals surface area contributed by atoms with E-state index in [0.29, 0.717) is 5.16 Å². The Morgan fingerprint density at radius 1 is 1.30 bits per heavy atom. The van der Waals surface area contributed by atoms with Gasteiger partial charge >= 0.3 is 0 Å². The number of aromatic amines is 1. The van der Waals surface area contributed by atoms with Gasteiger partial charge in [0.25, 0.3) is 5.56 Å². The third-order valence-electron chi connectivity index (χ3n) is 2.84. The van der Waals surface area contributed by atoms with E-state index in [2.05, 4.69) is 22.2 Å². The van der Waals surface area contributed by atoms with Crippen molar-refractivity contribution >= 4 is 17.7 Å². The highest BCUT2D eigenvalue weighted by Crippen LogP contribution is 2.09. The van der Waals surface area contributed by atoms with E-state index < -0.39 is 0 Å². The molecule has 0 aliphatic heterocycles. The van der Waals surface area contributed by atoms with Crippen molar-refractivity contribution in [3.8, 4) is 0 Å². The van der Waals surface area contributed by atoms with Gasteiger partial charge < -0.3 is 10.3 Å². The Kier molecular flexibility index (Phi) is 8.78. The molecule has 0 aromatic carbocycles. The molecule has 1 heterocycles. The first-order chi connectivity index (χ1) is 9.72. The molecule has 112 valence electrons. The van der Waals surface area contributed by atoms with Crippen LogP contribution < -0.4 is 10.9 Å². The number of aromatic nitrogens is 2. The number of H-pyrrole nitrogens is 1. The number of hydrogen-bond donors (Lipinski definition) is 2. The Balaban J connectivity index is 2.04. The van der Waals surface area contributed by atoms with Crippen LogP contribution in [-0.2, 0) is 4.79 Å². The van der Waals surface area contributed by atoms with Gasteiger partial charge in [-0.3, -0.25) is 9.59 Å². The number of rotatable bonds is 10. The normalized spacial score (nSPS) is 10.4. The van der Waals surface area contributed by atoms with Crippen LogP contribution in [0.3, 0.4) is 0 Å². The van der Waals surface area contributed by atoms with Gasteiger partial charge in [-0.05, 0) is 6.42 Å². The molecule has 0 bridgehead atoms. The number of thioether (sulfide) groups is 1. The lowest BCUT2D eigenvalue weighted by molar-refractivity contribution is -0.118. The van der Waals surface area contributed by atoms with Gasteiger partial charge in [-0.25, -0.2) is 4.98 Å². The molecule has 1 aromatic rings. The second-order valence-electron chi connectivity index (χ2n) is 4.65. The minimum Gasteiger partial charge on any atom is -0.355 e. The molecule has 1 amide bonds. The summed E-state index contributed by atoms with van der Waals surface area (Å²) < 4.78 is 0. The second-order valence-corrected chi connectivity index (χ2v) is 5.61. The highest BCUT2D eigenvalue weighted by Gasteiger charge is 2.03. The van der Waals surface area contributed by atoms with Crippen LogP contribution in [0.5, 0.6) is 0 Å². The maximum Gasteiger partial charge on any atom is 0.251 e. The fraction of sp³-hybridized carbons (Fsp3) is 0.643. The van der Waals surface area contributed by atoms with Crippen LogP contribution in [0.25, 0.3) is 0 Å². The van der Waals surface area contributed by atoms with Crippen LogP contribution in [0.15, 0.2) is 22.2 Å². The number of unbranched alkanes of at least 4 members (excludes halogenated alkanes) is 5. The van der Waals surface area contributed by atoms with Gasteiger partial charge in [0.15, 0.2) is 5.16 Å². The Morgan fingerprint density at radius 2 is 2.05 bits per heavy atom. The van der Waals surface area contributed by atoms with E-state index in [1.807, 2.05) is 0 Å². The molecule has 20 heavy (non-hydrogen) atoms. The number of amides is 1. The quantitative estimate of drug-likeness (QED) is 0.395. The molecule has 1 aromatic heterocycles. The highest BCUT2D eigenvalue weighted by molar-refractivity contribution is 7.99. The summed E-state index contributed by atoms with van der Waals surface area (Å²) in [7, 11) is 0. The molecular formula is C14H23N3O2S. The Labute approximate surface area is 124 Å². The number of carbonyl (C=O) groups is 1. The largest absolute Gasteiger partial charge is 0.355 e. The summed E-state index contributed by atoms with van der Waals surface area (Å²) in [6.07, 6.45) is 8.71. The van der Waals surface area contributed by atoms with E-state index in [4.69, 9.17) is 0 Å². The van der Waals surface area contributed by atoms with Gasteiger partial charge in [0, 0.05) is 18.8 Å². The van der Waals surface area contributed by atoms with Gasteiger partial charge in [0.2, 0.25) is 5.91 Å².